The number of rotatable bonds is 4. The van der Waals surface area contributed by atoms with E-state index in [1.165, 1.54) is 19.3 Å². The first kappa shape index (κ1) is 19.6. The molecule has 0 heterocycles. The Kier molecular flexibility index (Phi) is 5.08. The van der Waals surface area contributed by atoms with Gasteiger partial charge in [-0.15, -0.1) is 6.58 Å². The lowest BCUT2D eigenvalue weighted by atomic mass is 9.42. The van der Waals surface area contributed by atoms with Gasteiger partial charge in [0.15, 0.2) is 0 Å². The fraction of sp³-hybridized carbons (Fsp3) is 0.875. The van der Waals surface area contributed by atoms with Crippen LogP contribution in [0.25, 0.3) is 0 Å². The standard InChI is InChI=1S/C24H38O3/c1-4-24-14-13-23(26,16-27-5-2)15-17(24)9-10-18-19-7-6-8-21(25)22(19,3)12-11-20(18)24/h4,17-20,26H,1,5-16H2,2-3H3/t17-,18+,19+,20+,22+,23-,24+/m1/s1. The molecule has 152 valence electrons. The molecule has 0 saturated heterocycles. The summed E-state index contributed by atoms with van der Waals surface area (Å²) < 4.78 is 5.61. The van der Waals surface area contributed by atoms with Gasteiger partial charge in [0.2, 0.25) is 0 Å². The van der Waals surface area contributed by atoms with E-state index in [0.717, 1.165) is 44.9 Å². The molecule has 4 aliphatic rings. The monoisotopic (exact) mass is 374 g/mol. The minimum absolute atomic E-state index is 0.0705. The molecule has 0 unspecified atom stereocenters. The fourth-order valence-electron chi connectivity index (χ4n) is 7.82. The Hall–Kier alpha value is -0.670. The van der Waals surface area contributed by atoms with Crippen molar-refractivity contribution in [2.75, 3.05) is 13.2 Å². The van der Waals surface area contributed by atoms with E-state index in [-0.39, 0.29) is 10.8 Å². The average Bonchev–Trinajstić information content (AvgIpc) is 2.67. The van der Waals surface area contributed by atoms with Crippen molar-refractivity contribution in [3.8, 4) is 0 Å². The van der Waals surface area contributed by atoms with E-state index >= 15 is 0 Å². The topological polar surface area (TPSA) is 46.5 Å². The third-order valence-corrected chi connectivity index (χ3v) is 9.29. The van der Waals surface area contributed by atoms with Gasteiger partial charge in [-0.3, -0.25) is 4.79 Å². The second-order valence-electron chi connectivity index (χ2n) is 10.3. The van der Waals surface area contributed by atoms with Crippen molar-refractivity contribution >= 4 is 5.78 Å². The van der Waals surface area contributed by atoms with Gasteiger partial charge < -0.3 is 9.84 Å². The van der Waals surface area contributed by atoms with Crippen LogP contribution in [0.15, 0.2) is 12.7 Å². The summed E-state index contributed by atoms with van der Waals surface area (Å²) in [5.74, 6) is 2.93. The van der Waals surface area contributed by atoms with E-state index in [9.17, 15) is 9.90 Å². The van der Waals surface area contributed by atoms with Crippen LogP contribution in [-0.2, 0) is 9.53 Å². The first-order chi connectivity index (χ1) is 12.9. The van der Waals surface area contributed by atoms with E-state index < -0.39 is 5.60 Å². The number of Topliss-reactive ketones (excluding diaryl/α,β-unsaturated/α-hetero) is 1. The van der Waals surface area contributed by atoms with Crippen molar-refractivity contribution in [3.05, 3.63) is 12.7 Å². The Bertz CT molecular complexity index is 600. The Balaban J connectivity index is 1.59. The van der Waals surface area contributed by atoms with Crippen LogP contribution >= 0.6 is 0 Å². The third-order valence-electron chi connectivity index (χ3n) is 9.29. The van der Waals surface area contributed by atoms with Crippen LogP contribution in [0, 0.1) is 34.5 Å². The molecule has 0 aromatic rings. The summed E-state index contributed by atoms with van der Waals surface area (Å²) in [7, 11) is 0. The highest BCUT2D eigenvalue weighted by Gasteiger charge is 2.61. The predicted octanol–water partition coefficient (Wildman–Crippen LogP) is 4.92. The minimum atomic E-state index is -0.663. The van der Waals surface area contributed by atoms with Crippen LogP contribution in [0.1, 0.15) is 78.1 Å². The van der Waals surface area contributed by atoms with Crippen LogP contribution in [-0.4, -0.2) is 29.7 Å². The summed E-state index contributed by atoms with van der Waals surface area (Å²) in [6.07, 6.45) is 12.7. The number of allylic oxidation sites excluding steroid dienone is 1. The predicted molar refractivity (Wildman–Crippen MR) is 107 cm³/mol. The molecule has 1 N–H and O–H groups in total. The molecule has 3 nitrogen and oxygen atoms in total. The van der Waals surface area contributed by atoms with Crippen LogP contribution in [0.3, 0.4) is 0 Å². The average molecular weight is 375 g/mol. The minimum Gasteiger partial charge on any atom is -0.387 e. The van der Waals surface area contributed by atoms with Crippen molar-refractivity contribution in [2.24, 2.45) is 34.5 Å². The summed E-state index contributed by atoms with van der Waals surface area (Å²) in [5, 5.41) is 11.1. The maximum absolute atomic E-state index is 12.8. The Morgan fingerprint density at radius 1 is 1.19 bits per heavy atom. The molecule has 0 radical (unpaired) electrons. The van der Waals surface area contributed by atoms with Gasteiger partial charge in [-0.1, -0.05) is 13.0 Å². The van der Waals surface area contributed by atoms with Gasteiger partial charge in [0.1, 0.15) is 5.78 Å². The molecule has 4 rings (SSSR count). The van der Waals surface area contributed by atoms with Crippen molar-refractivity contribution in [1.82, 2.24) is 0 Å². The maximum atomic E-state index is 12.8. The Morgan fingerprint density at radius 2 is 2.00 bits per heavy atom. The highest BCUT2D eigenvalue weighted by Crippen LogP contribution is 2.66. The maximum Gasteiger partial charge on any atom is 0.139 e. The number of fused-ring (bicyclic) bond motifs is 5. The van der Waals surface area contributed by atoms with E-state index in [0.29, 0.717) is 42.7 Å². The number of carbonyl (C=O) groups is 1. The summed E-state index contributed by atoms with van der Waals surface area (Å²) in [6, 6.07) is 0. The quantitative estimate of drug-likeness (QED) is 0.710. The molecule has 0 bridgehead atoms. The number of hydrogen-bond donors (Lipinski definition) is 1. The van der Waals surface area contributed by atoms with Gasteiger partial charge in [-0.25, -0.2) is 0 Å². The Labute approximate surface area is 164 Å². The SMILES string of the molecule is C=C[C@]12CC[C@](O)(COCC)C[C@H]1CC[C@@H]1[C@@H]2CC[C@]2(C)C(=O)CCC[C@@H]12. The molecule has 7 atom stereocenters. The van der Waals surface area contributed by atoms with Gasteiger partial charge in [-0.2, -0.15) is 0 Å². The van der Waals surface area contributed by atoms with Crippen LogP contribution in [0.5, 0.6) is 0 Å². The van der Waals surface area contributed by atoms with E-state index in [1.54, 1.807) is 0 Å². The molecule has 0 aliphatic heterocycles. The first-order valence-corrected chi connectivity index (χ1v) is 11.4. The van der Waals surface area contributed by atoms with Gasteiger partial charge in [0.25, 0.3) is 0 Å². The van der Waals surface area contributed by atoms with Crippen molar-refractivity contribution in [3.63, 3.8) is 0 Å². The third kappa shape index (κ3) is 2.95. The number of ether oxygens (including phenoxy) is 1. The van der Waals surface area contributed by atoms with Crippen LogP contribution in [0.2, 0.25) is 0 Å². The highest BCUT2D eigenvalue weighted by molar-refractivity contribution is 5.85. The molecule has 27 heavy (non-hydrogen) atoms. The lowest BCUT2D eigenvalue weighted by Crippen LogP contribution is -2.58. The summed E-state index contributed by atoms with van der Waals surface area (Å²) >= 11 is 0. The van der Waals surface area contributed by atoms with Gasteiger partial charge in [0.05, 0.1) is 12.2 Å². The molecule has 4 saturated carbocycles. The molecular formula is C24H38O3. The molecule has 4 fully saturated rings. The number of carbonyl (C=O) groups excluding carboxylic acids is 1. The molecule has 0 aromatic carbocycles. The van der Waals surface area contributed by atoms with Crippen molar-refractivity contribution < 1.29 is 14.6 Å². The lowest BCUT2D eigenvalue weighted by Gasteiger charge is -2.63. The second kappa shape index (κ2) is 6.99. The number of hydrogen-bond acceptors (Lipinski definition) is 3. The lowest BCUT2D eigenvalue weighted by molar-refractivity contribution is -0.166. The molecule has 0 spiro atoms. The van der Waals surface area contributed by atoms with E-state index in [4.69, 9.17) is 4.74 Å². The second-order valence-corrected chi connectivity index (χ2v) is 10.3. The van der Waals surface area contributed by atoms with Crippen molar-refractivity contribution in [1.29, 1.82) is 0 Å². The smallest absolute Gasteiger partial charge is 0.139 e. The molecule has 4 aliphatic carbocycles. The van der Waals surface area contributed by atoms with Gasteiger partial charge in [-0.05, 0) is 93.8 Å². The highest BCUT2D eigenvalue weighted by atomic mass is 16.5. The number of ketones is 1. The van der Waals surface area contributed by atoms with E-state index in [1.807, 2.05) is 6.92 Å². The van der Waals surface area contributed by atoms with Crippen LogP contribution < -0.4 is 0 Å². The summed E-state index contributed by atoms with van der Waals surface area (Å²) in [6.45, 7) is 9.71. The largest absolute Gasteiger partial charge is 0.387 e. The van der Waals surface area contributed by atoms with Gasteiger partial charge in [0, 0.05) is 18.4 Å². The molecular weight excluding hydrogens is 336 g/mol. The zero-order valence-corrected chi connectivity index (χ0v) is 17.3. The summed E-state index contributed by atoms with van der Waals surface area (Å²) in [4.78, 5) is 12.8. The Morgan fingerprint density at radius 3 is 2.74 bits per heavy atom. The molecule has 0 aromatic heterocycles. The van der Waals surface area contributed by atoms with Crippen molar-refractivity contribution in [2.45, 2.75) is 83.7 Å². The molecule has 0 amide bonds. The molecule has 3 heteroatoms. The first-order valence-electron chi connectivity index (χ1n) is 11.4. The van der Waals surface area contributed by atoms with Crippen LogP contribution in [0.4, 0.5) is 0 Å². The van der Waals surface area contributed by atoms with Gasteiger partial charge >= 0.3 is 0 Å². The summed E-state index contributed by atoms with van der Waals surface area (Å²) in [5.41, 5.74) is -0.577. The zero-order chi connectivity index (χ0) is 19.3. The normalized spacial score (nSPS) is 49.7. The number of aliphatic hydroxyl groups is 1. The van der Waals surface area contributed by atoms with E-state index in [2.05, 4.69) is 19.6 Å². The zero-order valence-electron chi connectivity index (χ0n) is 17.3. The fourth-order valence-corrected chi connectivity index (χ4v) is 7.82.